The molecule has 0 aromatic carbocycles. The minimum atomic E-state index is -5.98. The van der Waals surface area contributed by atoms with Crippen LogP contribution >= 0.6 is 0 Å². The van der Waals surface area contributed by atoms with Gasteiger partial charge in [-0.15, -0.1) is 0 Å². The van der Waals surface area contributed by atoms with Gasteiger partial charge in [0, 0.05) is 0 Å². The highest BCUT2D eigenvalue weighted by Gasteiger charge is 2.49. The molecular formula is C12H6F12O8. The molecule has 0 rings (SSSR count). The van der Waals surface area contributed by atoms with Crippen LogP contribution < -0.4 is 0 Å². The van der Waals surface area contributed by atoms with E-state index < -0.39 is 74.0 Å². The highest BCUT2D eigenvalue weighted by Crippen LogP contribution is 2.24. The molecule has 32 heavy (non-hydrogen) atoms. The average molecular weight is 506 g/mol. The van der Waals surface area contributed by atoms with Crippen molar-refractivity contribution in [1.82, 2.24) is 0 Å². The van der Waals surface area contributed by atoms with E-state index in [1.54, 1.807) is 0 Å². The molecule has 0 spiro atoms. The highest BCUT2D eigenvalue weighted by atomic mass is 19.4. The van der Waals surface area contributed by atoms with Crippen molar-refractivity contribution < 1.29 is 90.8 Å². The summed E-state index contributed by atoms with van der Waals surface area (Å²) < 4.78 is 160. The van der Waals surface area contributed by atoms with Crippen LogP contribution in [-0.2, 0) is 38.1 Å². The van der Waals surface area contributed by atoms with Crippen molar-refractivity contribution in [2.45, 2.75) is 36.9 Å². The first-order chi connectivity index (χ1) is 14.1. The summed E-state index contributed by atoms with van der Waals surface area (Å²) in [5.41, 5.74) is 0. The number of alkyl halides is 12. The monoisotopic (exact) mass is 506 g/mol. The summed E-state index contributed by atoms with van der Waals surface area (Å²) in [7, 11) is 0. The number of carbonyl (C=O) groups is 4. The van der Waals surface area contributed by atoms with Crippen molar-refractivity contribution in [2.75, 3.05) is 13.2 Å². The number of halogens is 12. The second-order valence-electron chi connectivity index (χ2n) is 5.08. The fourth-order valence-corrected chi connectivity index (χ4v) is 1.32. The maximum Gasteiger partial charge on any atom is 0.490 e. The fraction of sp³-hybridized carbons (Fsp3) is 0.667. The number of rotatable bonds is 7. The van der Waals surface area contributed by atoms with Gasteiger partial charge in [-0.25, -0.2) is 19.2 Å². The summed E-state index contributed by atoms with van der Waals surface area (Å²) in [6.45, 7) is -4.45. The van der Waals surface area contributed by atoms with E-state index in [0.29, 0.717) is 0 Å². The molecule has 0 aliphatic rings. The van der Waals surface area contributed by atoms with E-state index in [9.17, 15) is 71.9 Å². The maximum atomic E-state index is 12.3. The summed E-state index contributed by atoms with van der Waals surface area (Å²) in [5, 5.41) is 0. The molecular weight excluding hydrogens is 500 g/mol. The lowest BCUT2D eigenvalue weighted by molar-refractivity contribution is -0.233. The Morgan fingerprint density at radius 3 is 0.875 bits per heavy atom. The van der Waals surface area contributed by atoms with Crippen LogP contribution in [0.4, 0.5) is 52.7 Å². The molecule has 0 saturated carbocycles. The molecule has 0 saturated heterocycles. The van der Waals surface area contributed by atoms with Crippen LogP contribution in [0.3, 0.4) is 0 Å². The number of hydrogen-bond donors (Lipinski definition) is 0. The van der Waals surface area contributed by atoms with Crippen molar-refractivity contribution in [2.24, 2.45) is 0 Å². The Kier molecular flexibility index (Phi) is 9.17. The Bertz CT molecular complexity index is 645. The third-order valence-corrected chi connectivity index (χ3v) is 2.61. The largest absolute Gasteiger partial charge is 0.490 e. The summed E-state index contributed by atoms with van der Waals surface area (Å²) in [5.74, 6) is -13.1. The molecule has 0 fully saturated rings. The predicted molar refractivity (Wildman–Crippen MR) is 65.9 cm³/mol. The Hall–Kier alpha value is -2.96. The lowest BCUT2D eigenvalue weighted by Crippen LogP contribution is -2.47. The van der Waals surface area contributed by atoms with Gasteiger partial charge in [0.1, 0.15) is 13.2 Å². The molecule has 0 aliphatic heterocycles. The lowest BCUT2D eigenvalue weighted by atomic mass is 10.2. The molecule has 0 aromatic heterocycles. The van der Waals surface area contributed by atoms with Gasteiger partial charge >= 0.3 is 48.6 Å². The predicted octanol–water partition coefficient (Wildman–Crippen LogP) is 2.15. The molecule has 0 bridgehead atoms. The minimum absolute atomic E-state index is 2.22. The van der Waals surface area contributed by atoms with Crippen LogP contribution in [0.25, 0.3) is 0 Å². The normalized spacial score (nSPS) is 14.8. The van der Waals surface area contributed by atoms with Crippen molar-refractivity contribution in [3.05, 3.63) is 0 Å². The smallest absolute Gasteiger partial charge is 0.455 e. The van der Waals surface area contributed by atoms with Crippen LogP contribution in [0.1, 0.15) is 0 Å². The Morgan fingerprint density at radius 2 is 0.688 bits per heavy atom. The average Bonchev–Trinajstić information content (AvgIpc) is 2.57. The minimum Gasteiger partial charge on any atom is -0.455 e. The second kappa shape index (κ2) is 10.1. The highest BCUT2D eigenvalue weighted by molar-refractivity contribution is 5.78. The van der Waals surface area contributed by atoms with E-state index in [1.165, 1.54) is 0 Å². The molecule has 8 nitrogen and oxygen atoms in total. The third-order valence-electron chi connectivity index (χ3n) is 2.61. The van der Waals surface area contributed by atoms with Gasteiger partial charge in [-0.1, -0.05) is 0 Å². The van der Waals surface area contributed by atoms with Gasteiger partial charge in [0.05, 0.1) is 0 Å². The first-order valence-corrected chi connectivity index (χ1v) is 7.10. The van der Waals surface area contributed by atoms with Crippen molar-refractivity contribution in [3.63, 3.8) is 0 Å². The van der Waals surface area contributed by atoms with E-state index in [1.807, 2.05) is 0 Å². The molecule has 0 aliphatic carbocycles. The number of hydrogen-bond acceptors (Lipinski definition) is 8. The first kappa shape index (κ1) is 29.0. The van der Waals surface area contributed by atoms with E-state index in [-0.39, 0.29) is 0 Å². The van der Waals surface area contributed by atoms with Gasteiger partial charge in [0.2, 0.25) is 0 Å². The van der Waals surface area contributed by atoms with Crippen LogP contribution in [0.5, 0.6) is 0 Å². The SMILES string of the molecule is O=C(OCC(OC(=O)C(F)(F)F)C(COC(=O)C(F)(F)F)OC(=O)C(F)(F)F)C(F)(F)F. The first-order valence-electron chi connectivity index (χ1n) is 7.10. The Balaban J connectivity index is 5.91. The van der Waals surface area contributed by atoms with E-state index in [4.69, 9.17) is 0 Å². The Morgan fingerprint density at radius 1 is 0.469 bits per heavy atom. The van der Waals surface area contributed by atoms with Crippen molar-refractivity contribution in [1.29, 1.82) is 0 Å². The molecule has 0 aromatic rings. The van der Waals surface area contributed by atoms with Gasteiger partial charge in [0.25, 0.3) is 0 Å². The molecule has 0 heterocycles. The molecule has 2 atom stereocenters. The number of esters is 4. The van der Waals surface area contributed by atoms with Gasteiger partial charge in [0.15, 0.2) is 12.2 Å². The molecule has 2 unspecified atom stereocenters. The molecule has 0 N–H and O–H groups in total. The number of carbonyl (C=O) groups excluding carboxylic acids is 4. The molecule has 0 amide bonds. The number of ether oxygens (including phenoxy) is 4. The zero-order chi connectivity index (χ0) is 25.7. The zero-order valence-electron chi connectivity index (χ0n) is 14.4. The van der Waals surface area contributed by atoms with Crippen LogP contribution in [0.15, 0.2) is 0 Å². The van der Waals surface area contributed by atoms with Crippen molar-refractivity contribution in [3.8, 4) is 0 Å². The van der Waals surface area contributed by atoms with Gasteiger partial charge in [-0.2, -0.15) is 52.7 Å². The summed E-state index contributed by atoms with van der Waals surface area (Å²) in [6, 6.07) is 0. The third kappa shape index (κ3) is 9.90. The standard InChI is InChI=1S/C12H6F12O8/c13-9(14,15)5(25)29-1-3(31-7(27)11(19,20)21)4(32-8(28)12(22,23)24)2-30-6(26)10(16,17)18/h3-4H,1-2H2. The van der Waals surface area contributed by atoms with Gasteiger partial charge in [-0.05, 0) is 0 Å². The quantitative estimate of drug-likeness (QED) is 0.294. The molecule has 20 heteroatoms. The summed E-state index contributed by atoms with van der Waals surface area (Å²) in [4.78, 5) is 42.9. The lowest BCUT2D eigenvalue weighted by Gasteiger charge is -2.27. The van der Waals surface area contributed by atoms with Crippen LogP contribution in [0, 0.1) is 0 Å². The van der Waals surface area contributed by atoms with Gasteiger partial charge in [-0.3, -0.25) is 0 Å². The van der Waals surface area contributed by atoms with E-state index in [2.05, 4.69) is 18.9 Å². The molecule has 186 valence electrons. The summed E-state index contributed by atoms with van der Waals surface area (Å²) in [6.07, 6.45) is -30.1. The van der Waals surface area contributed by atoms with Crippen LogP contribution in [-0.4, -0.2) is 74.0 Å². The van der Waals surface area contributed by atoms with E-state index in [0.717, 1.165) is 0 Å². The zero-order valence-corrected chi connectivity index (χ0v) is 14.4. The Labute approximate surface area is 166 Å². The maximum absolute atomic E-state index is 12.3. The summed E-state index contributed by atoms with van der Waals surface area (Å²) >= 11 is 0. The van der Waals surface area contributed by atoms with Gasteiger partial charge < -0.3 is 18.9 Å². The fourth-order valence-electron chi connectivity index (χ4n) is 1.32. The van der Waals surface area contributed by atoms with Crippen molar-refractivity contribution >= 4 is 23.9 Å². The second-order valence-corrected chi connectivity index (χ2v) is 5.08. The van der Waals surface area contributed by atoms with Crippen LogP contribution in [0.2, 0.25) is 0 Å². The molecule has 0 radical (unpaired) electrons. The van der Waals surface area contributed by atoms with E-state index >= 15 is 0 Å². The topological polar surface area (TPSA) is 105 Å².